The molecule has 0 aliphatic carbocycles. The second-order valence-electron chi connectivity index (χ2n) is 5.96. The minimum absolute atomic E-state index is 0.103. The van der Waals surface area contributed by atoms with Gasteiger partial charge in [-0.2, -0.15) is 0 Å². The molecular formula is C19H18FN3O2. The van der Waals surface area contributed by atoms with Crippen LogP contribution in [0.2, 0.25) is 0 Å². The van der Waals surface area contributed by atoms with Gasteiger partial charge in [-0.25, -0.2) is 9.18 Å². The number of nitrogens with zero attached hydrogens (tertiary/aromatic N) is 2. The fourth-order valence-corrected chi connectivity index (χ4v) is 2.55. The van der Waals surface area contributed by atoms with Crippen LogP contribution in [0.5, 0.6) is 0 Å². The van der Waals surface area contributed by atoms with Gasteiger partial charge in [-0.1, -0.05) is 30.3 Å². The van der Waals surface area contributed by atoms with E-state index in [1.165, 1.54) is 6.07 Å². The molecule has 2 aromatic carbocycles. The van der Waals surface area contributed by atoms with Gasteiger partial charge in [-0.05, 0) is 29.8 Å². The van der Waals surface area contributed by atoms with Crippen molar-refractivity contribution >= 4 is 23.7 Å². The van der Waals surface area contributed by atoms with Crippen LogP contribution in [0.15, 0.2) is 54.2 Å². The summed E-state index contributed by atoms with van der Waals surface area (Å²) in [5.41, 5.74) is 2.30. The van der Waals surface area contributed by atoms with E-state index >= 15 is 0 Å². The lowest BCUT2D eigenvalue weighted by molar-refractivity contribution is -0.123. The molecule has 2 aromatic rings. The van der Waals surface area contributed by atoms with E-state index in [9.17, 15) is 14.0 Å². The SMILES string of the molecule is CN(C)c1ccc(/C=C2\NC(=O)N(Cc3ccccc3F)C2=O)cc1. The number of halogens is 1. The van der Waals surface area contributed by atoms with Gasteiger partial charge < -0.3 is 10.2 Å². The Kier molecular flexibility index (Phi) is 4.52. The van der Waals surface area contributed by atoms with Gasteiger partial charge in [0.1, 0.15) is 11.5 Å². The third kappa shape index (κ3) is 3.52. The van der Waals surface area contributed by atoms with E-state index < -0.39 is 17.8 Å². The summed E-state index contributed by atoms with van der Waals surface area (Å²) >= 11 is 0. The third-order valence-corrected chi connectivity index (χ3v) is 3.97. The number of carbonyl (C=O) groups excluding carboxylic acids is 2. The molecule has 1 N–H and O–H groups in total. The molecule has 128 valence electrons. The summed E-state index contributed by atoms with van der Waals surface area (Å²) in [7, 11) is 3.88. The van der Waals surface area contributed by atoms with Gasteiger partial charge in [-0.3, -0.25) is 9.69 Å². The Bertz CT molecular complexity index is 844. The largest absolute Gasteiger partial charge is 0.378 e. The van der Waals surface area contributed by atoms with Crippen LogP contribution < -0.4 is 10.2 Å². The lowest BCUT2D eigenvalue weighted by Crippen LogP contribution is -2.30. The first kappa shape index (κ1) is 16.7. The number of hydrogen-bond acceptors (Lipinski definition) is 3. The number of imide groups is 1. The van der Waals surface area contributed by atoms with E-state index in [-0.39, 0.29) is 12.2 Å². The first-order chi connectivity index (χ1) is 12.0. The van der Waals surface area contributed by atoms with Crippen molar-refractivity contribution in [1.29, 1.82) is 0 Å². The second-order valence-corrected chi connectivity index (χ2v) is 5.96. The summed E-state index contributed by atoms with van der Waals surface area (Å²) in [5, 5.41) is 2.54. The van der Waals surface area contributed by atoms with Crippen molar-refractivity contribution in [3.63, 3.8) is 0 Å². The Hall–Kier alpha value is -3.15. The summed E-state index contributed by atoms with van der Waals surface area (Å²) in [4.78, 5) is 27.5. The third-order valence-electron chi connectivity index (χ3n) is 3.97. The van der Waals surface area contributed by atoms with E-state index in [4.69, 9.17) is 0 Å². The molecule has 0 saturated carbocycles. The lowest BCUT2D eigenvalue weighted by atomic mass is 10.1. The Balaban J connectivity index is 1.79. The maximum Gasteiger partial charge on any atom is 0.329 e. The molecule has 3 rings (SSSR count). The highest BCUT2D eigenvalue weighted by molar-refractivity contribution is 6.13. The van der Waals surface area contributed by atoms with E-state index in [0.717, 1.165) is 16.2 Å². The van der Waals surface area contributed by atoms with E-state index in [1.807, 2.05) is 43.3 Å². The number of rotatable bonds is 4. The molecule has 5 nitrogen and oxygen atoms in total. The number of hydrogen-bond donors (Lipinski definition) is 1. The molecule has 25 heavy (non-hydrogen) atoms. The monoisotopic (exact) mass is 339 g/mol. The normalized spacial score (nSPS) is 15.6. The predicted octanol–water partition coefficient (Wildman–Crippen LogP) is 2.98. The zero-order valence-electron chi connectivity index (χ0n) is 14.0. The standard InChI is InChI=1S/C19H18FN3O2/c1-22(2)15-9-7-13(8-10-15)11-17-18(24)23(19(25)21-17)12-14-5-3-4-6-16(14)20/h3-11H,12H2,1-2H3,(H,21,25)/b17-11-. The number of anilines is 1. The molecule has 1 aliphatic rings. The van der Waals surface area contributed by atoms with E-state index in [1.54, 1.807) is 24.3 Å². The van der Waals surface area contributed by atoms with E-state index in [0.29, 0.717) is 5.56 Å². The van der Waals surface area contributed by atoms with Gasteiger partial charge in [0.2, 0.25) is 0 Å². The Morgan fingerprint density at radius 3 is 2.40 bits per heavy atom. The molecule has 1 fully saturated rings. The van der Waals surface area contributed by atoms with Crippen LogP contribution in [0.1, 0.15) is 11.1 Å². The van der Waals surface area contributed by atoms with Gasteiger partial charge in [0, 0.05) is 25.3 Å². The van der Waals surface area contributed by atoms with Crippen LogP contribution in [0, 0.1) is 5.82 Å². The smallest absolute Gasteiger partial charge is 0.329 e. The fourth-order valence-electron chi connectivity index (χ4n) is 2.55. The summed E-state index contributed by atoms with van der Waals surface area (Å²) in [6, 6.07) is 13.1. The van der Waals surface area contributed by atoms with Crippen molar-refractivity contribution in [2.75, 3.05) is 19.0 Å². The molecule has 3 amide bonds. The lowest BCUT2D eigenvalue weighted by Gasteiger charge is -2.12. The highest BCUT2D eigenvalue weighted by atomic mass is 19.1. The number of benzene rings is 2. The number of urea groups is 1. The van der Waals surface area contributed by atoms with Gasteiger partial charge >= 0.3 is 6.03 Å². The summed E-state index contributed by atoms with van der Waals surface area (Å²) < 4.78 is 13.8. The van der Waals surface area contributed by atoms with Crippen LogP contribution in [0.4, 0.5) is 14.9 Å². The zero-order valence-corrected chi connectivity index (χ0v) is 14.0. The van der Waals surface area contributed by atoms with Crippen LogP contribution >= 0.6 is 0 Å². The summed E-state index contributed by atoms with van der Waals surface area (Å²) in [6.07, 6.45) is 1.61. The quantitative estimate of drug-likeness (QED) is 0.688. The van der Waals surface area contributed by atoms with Crippen LogP contribution in [0.25, 0.3) is 6.08 Å². The first-order valence-corrected chi connectivity index (χ1v) is 7.81. The minimum atomic E-state index is -0.551. The van der Waals surface area contributed by atoms with Crippen LogP contribution in [-0.4, -0.2) is 30.9 Å². The topological polar surface area (TPSA) is 52.7 Å². The highest BCUT2D eigenvalue weighted by Gasteiger charge is 2.33. The molecule has 0 spiro atoms. The number of carbonyl (C=O) groups is 2. The Labute approximate surface area is 145 Å². The molecule has 0 unspecified atom stereocenters. The molecule has 1 heterocycles. The summed E-state index contributed by atoms with van der Waals surface area (Å²) in [5.74, 6) is -0.912. The summed E-state index contributed by atoms with van der Waals surface area (Å²) in [6.45, 7) is -0.103. The van der Waals surface area contributed by atoms with Crippen molar-refractivity contribution < 1.29 is 14.0 Å². The van der Waals surface area contributed by atoms with Crippen LogP contribution in [-0.2, 0) is 11.3 Å². The molecule has 0 bridgehead atoms. The highest BCUT2D eigenvalue weighted by Crippen LogP contribution is 2.19. The van der Waals surface area contributed by atoms with E-state index in [2.05, 4.69) is 5.32 Å². The average molecular weight is 339 g/mol. The Morgan fingerprint density at radius 1 is 1.08 bits per heavy atom. The number of nitrogens with one attached hydrogen (secondary N) is 1. The molecule has 1 saturated heterocycles. The van der Waals surface area contributed by atoms with Crippen molar-refractivity contribution in [3.8, 4) is 0 Å². The Morgan fingerprint density at radius 2 is 1.76 bits per heavy atom. The first-order valence-electron chi connectivity index (χ1n) is 7.81. The predicted molar refractivity (Wildman–Crippen MR) is 94.2 cm³/mol. The van der Waals surface area contributed by atoms with Crippen molar-refractivity contribution in [1.82, 2.24) is 10.2 Å². The second kappa shape index (κ2) is 6.76. The van der Waals surface area contributed by atoms with Crippen molar-refractivity contribution in [2.24, 2.45) is 0 Å². The molecule has 0 atom stereocenters. The maximum atomic E-state index is 13.8. The number of amides is 3. The average Bonchev–Trinajstić information content (AvgIpc) is 2.85. The van der Waals surface area contributed by atoms with Gasteiger partial charge in [0.25, 0.3) is 5.91 Å². The fraction of sp³-hybridized carbons (Fsp3) is 0.158. The van der Waals surface area contributed by atoms with Gasteiger partial charge in [-0.15, -0.1) is 0 Å². The van der Waals surface area contributed by atoms with Crippen LogP contribution in [0.3, 0.4) is 0 Å². The minimum Gasteiger partial charge on any atom is -0.378 e. The van der Waals surface area contributed by atoms with Crippen molar-refractivity contribution in [3.05, 3.63) is 71.2 Å². The molecule has 0 radical (unpaired) electrons. The van der Waals surface area contributed by atoms with Gasteiger partial charge in [0.05, 0.1) is 6.54 Å². The van der Waals surface area contributed by atoms with Crippen molar-refractivity contribution in [2.45, 2.75) is 6.54 Å². The molecular weight excluding hydrogens is 321 g/mol. The maximum absolute atomic E-state index is 13.8. The molecule has 0 aromatic heterocycles. The molecule has 1 aliphatic heterocycles. The zero-order chi connectivity index (χ0) is 18.0. The van der Waals surface area contributed by atoms with Gasteiger partial charge in [0.15, 0.2) is 0 Å². The molecule has 6 heteroatoms.